The van der Waals surface area contributed by atoms with Gasteiger partial charge in [-0.25, -0.2) is 0 Å². The van der Waals surface area contributed by atoms with Crippen molar-refractivity contribution in [3.63, 3.8) is 0 Å². The lowest BCUT2D eigenvalue weighted by Gasteiger charge is -2.36. The predicted octanol–water partition coefficient (Wildman–Crippen LogP) is 3.57. The lowest BCUT2D eigenvalue weighted by molar-refractivity contribution is -0.385. The Morgan fingerprint density at radius 3 is 2.62 bits per heavy atom. The molecule has 1 aromatic carbocycles. The first-order chi connectivity index (χ1) is 9.97. The van der Waals surface area contributed by atoms with Gasteiger partial charge in [-0.1, -0.05) is 25.3 Å². The third-order valence-electron chi connectivity index (χ3n) is 4.04. The second-order valence-corrected chi connectivity index (χ2v) is 5.97. The Labute approximate surface area is 128 Å². The summed E-state index contributed by atoms with van der Waals surface area (Å²) in [7, 11) is 0. The van der Waals surface area contributed by atoms with Crippen LogP contribution in [0.2, 0.25) is 0 Å². The van der Waals surface area contributed by atoms with Crippen molar-refractivity contribution in [3.05, 3.63) is 39.4 Å². The summed E-state index contributed by atoms with van der Waals surface area (Å²) in [5.41, 5.74) is 0.317. The number of amides is 1. The summed E-state index contributed by atoms with van der Waals surface area (Å²) >= 11 is 6.05. The van der Waals surface area contributed by atoms with Gasteiger partial charge in [0.05, 0.1) is 10.5 Å². The maximum atomic E-state index is 12.5. The van der Waals surface area contributed by atoms with Crippen molar-refractivity contribution in [1.29, 1.82) is 0 Å². The molecule has 0 aliphatic heterocycles. The highest BCUT2D eigenvalue weighted by atomic mass is 35.5. The second-order valence-electron chi connectivity index (χ2n) is 5.71. The van der Waals surface area contributed by atoms with Crippen LogP contribution in [0, 0.1) is 17.0 Å². The minimum absolute atomic E-state index is 0.107. The van der Waals surface area contributed by atoms with Gasteiger partial charge in [0.25, 0.3) is 11.6 Å². The number of hydrogen-bond donors (Lipinski definition) is 1. The smallest absolute Gasteiger partial charge is 0.282 e. The summed E-state index contributed by atoms with van der Waals surface area (Å²) in [6.07, 6.45) is 4.81. The number of hydrogen-bond acceptors (Lipinski definition) is 3. The van der Waals surface area contributed by atoms with Gasteiger partial charge in [0.15, 0.2) is 0 Å². The zero-order chi connectivity index (χ0) is 15.5. The van der Waals surface area contributed by atoms with Crippen LogP contribution >= 0.6 is 11.6 Å². The summed E-state index contributed by atoms with van der Waals surface area (Å²) in [6, 6.07) is 4.56. The highest BCUT2D eigenvalue weighted by Crippen LogP contribution is 2.30. The van der Waals surface area contributed by atoms with Crippen molar-refractivity contribution in [2.75, 3.05) is 5.88 Å². The number of nitro benzene ring substituents is 1. The molecule has 0 aromatic heterocycles. The van der Waals surface area contributed by atoms with Gasteiger partial charge in [-0.05, 0) is 31.4 Å². The molecular formula is C15H19ClN2O3. The summed E-state index contributed by atoms with van der Waals surface area (Å²) in [5, 5.41) is 14.0. The van der Waals surface area contributed by atoms with E-state index in [1.54, 1.807) is 19.1 Å². The maximum absolute atomic E-state index is 12.5. The molecule has 0 bridgehead atoms. The number of nitrogens with zero attached hydrogens (tertiary/aromatic N) is 1. The lowest BCUT2D eigenvalue weighted by atomic mass is 9.83. The van der Waals surface area contributed by atoms with Crippen LogP contribution in [0.15, 0.2) is 18.2 Å². The van der Waals surface area contributed by atoms with E-state index in [0.29, 0.717) is 5.88 Å². The van der Waals surface area contributed by atoms with Gasteiger partial charge in [-0.2, -0.15) is 0 Å². The molecule has 0 saturated heterocycles. The fraction of sp³-hybridized carbons (Fsp3) is 0.533. The molecule has 1 aliphatic carbocycles. The average molecular weight is 311 g/mol. The Morgan fingerprint density at radius 2 is 2.05 bits per heavy atom. The van der Waals surface area contributed by atoms with Gasteiger partial charge < -0.3 is 5.32 Å². The summed E-state index contributed by atoms with van der Waals surface area (Å²) < 4.78 is 0. The van der Waals surface area contributed by atoms with E-state index < -0.39 is 16.4 Å². The van der Waals surface area contributed by atoms with E-state index in [2.05, 4.69) is 5.32 Å². The standard InChI is InChI=1S/C15H19ClN2O3/c1-11-5-6-13(18(20)21)12(9-11)14(19)17-15(10-16)7-3-2-4-8-15/h5-6,9H,2-4,7-8,10H2,1H3,(H,17,19). The minimum Gasteiger partial charge on any atom is -0.345 e. The number of nitro groups is 1. The number of alkyl halides is 1. The minimum atomic E-state index is -0.525. The average Bonchev–Trinajstić information content (AvgIpc) is 2.47. The highest BCUT2D eigenvalue weighted by molar-refractivity contribution is 6.19. The molecular weight excluding hydrogens is 292 g/mol. The molecule has 5 nitrogen and oxygen atoms in total. The maximum Gasteiger partial charge on any atom is 0.282 e. The highest BCUT2D eigenvalue weighted by Gasteiger charge is 2.34. The van der Waals surface area contributed by atoms with Crippen LogP contribution < -0.4 is 5.32 Å². The van der Waals surface area contributed by atoms with Crippen LogP contribution in [0.3, 0.4) is 0 Å². The van der Waals surface area contributed by atoms with Crippen molar-refractivity contribution in [2.45, 2.75) is 44.6 Å². The van der Waals surface area contributed by atoms with E-state index in [1.807, 2.05) is 0 Å². The molecule has 1 N–H and O–H groups in total. The quantitative estimate of drug-likeness (QED) is 0.525. The van der Waals surface area contributed by atoms with Crippen molar-refractivity contribution in [2.24, 2.45) is 0 Å². The van der Waals surface area contributed by atoms with Crippen LogP contribution in [0.1, 0.15) is 48.0 Å². The first kappa shape index (κ1) is 15.8. The first-order valence-corrected chi connectivity index (χ1v) is 7.64. The third-order valence-corrected chi connectivity index (χ3v) is 4.55. The fourth-order valence-electron chi connectivity index (χ4n) is 2.82. The molecule has 0 heterocycles. The molecule has 0 unspecified atom stereocenters. The molecule has 2 rings (SSSR count). The number of benzene rings is 1. The van der Waals surface area contributed by atoms with Crippen molar-refractivity contribution >= 4 is 23.2 Å². The number of carbonyl (C=O) groups is 1. The molecule has 6 heteroatoms. The van der Waals surface area contributed by atoms with Crippen LogP contribution in [0.25, 0.3) is 0 Å². The van der Waals surface area contributed by atoms with E-state index >= 15 is 0 Å². The molecule has 0 spiro atoms. The summed E-state index contributed by atoms with van der Waals surface area (Å²) in [5.74, 6) is -0.0776. The van der Waals surface area contributed by atoms with Gasteiger partial charge in [0, 0.05) is 11.9 Å². The molecule has 1 amide bonds. The van der Waals surface area contributed by atoms with Crippen LogP contribution in [-0.2, 0) is 0 Å². The first-order valence-electron chi connectivity index (χ1n) is 7.11. The largest absolute Gasteiger partial charge is 0.345 e. The van der Waals surface area contributed by atoms with Crippen LogP contribution in [0.4, 0.5) is 5.69 Å². The Hall–Kier alpha value is -1.62. The van der Waals surface area contributed by atoms with E-state index in [4.69, 9.17) is 11.6 Å². The van der Waals surface area contributed by atoms with Gasteiger partial charge in [0.1, 0.15) is 5.56 Å². The van der Waals surface area contributed by atoms with Gasteiger partial charge in [-0.15, -0.1) is 11.6 Å². The number of aryl methyl sites for hydroxylation is 1. The molecule has 0 radical (unpaired) electrons. The normalized spacial score (nSPS) is 17.2. The van der Waals surface area contributed by atoms with Gasteiger partial charge >= 0.3 is 0 Å². The molecule has 0 atom stereocenters. The van der Waals surface area contributed by atoms with Crippen molar-refractivity contribution in [3.8, 4) is 0 Å². The van der Waals surface area contributed by atoms with E-state index in [-0.39, 0.29) is 11.3 Å². The van der Waals surface area contributed by atoms with Crippen molar-refractivity contribution in [1.82, 2.24) is 5.32 Å². The molecule has 1 aliphatic rings. The number of carbonyl (C=O) groups excluding carboxylic acids is 1. The fourth-order valence-corrected chi connectivity index (χ4v) is 3.15. The predicted molar refractivity (Wildman–Crippen MR) is 81.8 cm³/mol. The number of rotatable bonds is 4. The van der Waals surface area contributed by atoms with E-state index in [0.717, 1.165) is 37.7 Å². The Kier molecular flexibility index (Phi) is 4.83. The second kappa shape index (κ2) is 6.43. The Bertz CT molecular complexity index is 554. The molecule has 21 heavy (non-hydrogen) atoms. The lowest BCUT2D eigenvalue weighted by Crippen LogP contribution is -2.51. The van der Waals surface area contributed by atoms with Gasteiger partial charge in [0.2, 0.25) is 0 Å². The van der Waals surface area contributed by atoms with Crippen molar-refractivity contribution < 1.29 is 9.72 Å². The van der Waals surface area contributed by atoms with Crippen LogP contribution in [0.5, 0.6) is 0 Å². The van der Waals surface area contributed by atoms with Gasteiger partial charge in [-0.3, -0.25) is 14.9 Å². The topological polar surface area (TPSA) is 72.2 Å². The molecule has 1 aromatic rings. The zero-order valence-corrected chi connectivity index (χ0v) is 12.8. The molecule has 1 fully saturated rings. The SMILES string of the molecule is Cc1ccc([N+](=O)[O-])c(C(=O)NC2(CCl)CCCCC2)c1. The Balaban J connectivity index is 2.27. The summed E-state index contributed by atoms with van der Waals surface area (Å²) in [6.45, 7) is 1.80. The molecule has 1 saturated carbocycles. The molecule has 114 valence electrons. The van der Waals surface area contributed by atoms with Crippen LogP contribution in [-0.4, -0.2) is 22.2 Å². The Morgan fingerprint density at radius 1 is 1.38 bits per heavy atom. The zero-order valence-electron chi connectivity index (χ0n) is 12.0. The van der Waals surface area contributed by atoms with E-state index in [1.165, 1.54) is 6.07 Å². The number of nitrogens with one attached hydrogen (secondary N) is 1. The van der Waals surface area contributed by atoms with E-state index in [9.17, 15) is 14.9 Å². The summed E-state index contributed by atoms with van der Waals surface area (Å²) in [4.78, 5) is 23.0. The third kappa shape index (κ3) is 3.53. The monoisotopic (exact) mass is 310 g/mol. The number of halogens is 1.